The number of aliphatic hydroxyl groups is 4. The van der Waals surface area contributed by atoms with Crippen LogP contribution in [0.15, 0.2) is 24.3 Å². The van der Waals surface area contributed by atoms with Crippen molar-refractivity contribution in [2.24, 2.45) is 5.92 Å². The van der Waals surface area contributed by atoms with Gasteiger partial charge >= 0.3 is 0 Å². The average Bonchev–Trinajstić information content (AvgIpc) is 2.90. The Hall–Kier alpha value is -0.980. The van der Waals surface area contributed by atoms with Crippen LogP contribution in [0.3, 0.4) is 0 Å². The Morgan fingerprint density at radius 2 is 1.90 bits per heavy atom. The van der Waals surface area contributed by atoms with Gasteiger partial charge in [-0.2, -0.15) is 0 Å². The van der Waals surface area contributed by atoms with E-state index in [0.717, 1.165) is 24.1 Å². The van der Waals surface area contributed by atoms with Crippen molar-refractivity contribution in [3.63, 3.8) is 0 Å². The smallest absolute Gasteiger partial charge is 0.0840 e. The lowest BCUT2D eigenvalue weighted by Crippen LogP contribution is -2.37. The van der Waals surface area contributed by atoms with Gasteiger partial charge in [0.15, 0.2) is 0 Å². The topological polar surface area (TPSA) is 84.2 Å². The van der Waals surface area contributed by atoms with Crippen LogP contribution in [0.4, 0.5) is 0 Å². The third kappa shape index (κ3) is 4.25. The molecule has 5 heteroatoms. The summed E-state index contributed by atoms with van der Waals surface area (Å²) in [4.78, 5) is 2.02. The molecule has 0 aromatic heterocycles. The summed E-state index contributed by atoms with van der Waals surface area (Å²) in [7, 11) is 0. The van der Waals surface area contributed by atoms with Gasteiger partial charge in [-0.3, -0.25) is 4.90 Å². The Bertz CT molecular complexity index is 436. The lowest BCUT2D eigenvalue weighted by molar-refractivity contribution is 0.00364. The van der Waals surface area contributed by atoms with Gasteiger partial charge in [0.2, 0.25) is 0 Å². The van der Waals surface area contributed by atoms with Crippen LogP contribution in [0, 0.1) is 5.92 Å². The van der Waals surface area contributed by atoms with Crippen molar-refractivity contribution in [2.75, 3.05) is 19.6 Å². The summed E-state index contributed by atoms with van der Waals surface area (Å²) in [6.07, 6.45) is -0.960. The summed E-state index contributed by atoms with van der Waals surface area (Å²) in [6, 6.07) is 7.10. The molecule has 118 valence electrons. The van der Waals surface area contributed by atoms with Crippen LogP contribution < -0.4 is 0 Å². The Balaban J connectivity index is 1.92. The highest BCUT2D eigenvalue weighted by Gasteiger charge is 2.28. The highest BCUT2D eigenvalue weighted by molar-refractivity contribution is 5.24. The van der Waals surface area contributed by atoms with Gasteiger partial charge in [0.05, 0.1) is 24.9 Å². The molecular formula is C16H25NO4. The first-order valence-corrected chi connectivity index (χ1v) is 7.47. The van der Waals surface area contributed by atoms with Gasteiger partial charge in [0, 0.05) is 25.6 Å². The van der Waals surface area contributed by atoms with Crippen LogP contribution in [-0.2, 0) is 6.61 Å². The maximum absolute atomic E-state index is 10.4. The molecule has 0 spiro atoms. The minimum Gasteiger partial charge on any atom is -0.392 e. The lowest BCUT2D eigenvalue weighted by atomic mass is 9.92. The first-order valence-electron chi connectivity index (χ1n) is 7.47. The Kier molecular flexibility index (Phi) is 5.72. The first kappa shape index (κ1) is 16.4. The molecule has 0 radical (unpaired) electrons. The van der Waals surface area contributed by atoms with Crippen molar-refractivity contribution < 1.29 is 20.4 Å². The van der Waals surface area contributed by atoms with Crippen LogP contribution >= 0.6 is 0 Å². The van der Waals surface area contributed by atoms with Gasteiger partial charge < -0.3 is 20.4 Å². The summed E-state index contributed by atoms with van der Waals surface area (Å²) in [5.41, 5.74) is 1.53. The number of rotatable bonds is 6. The zero-order chi connectivity index (χ0) is 15.4. The largest absolute Gasteiger partial charge is 0.392 e. The molecule has 1 aromatic carbocycles. The SMILES string of the molecule is C[C@@H]([C@H](O)CN1CC[C@@H](O)C1)[C@@H](O)c1ccc(CO)cc1. The van der Waals surface area contributed by atoms with Crippen LogP contribution in [0.2, 0.25) is 0 Å². The number of likely N-dealkylation sites (tertiary alicyclic amines) is 1. The molecule has 1 aromatic rings. The molecule has 1 heterocycles. The van der Waals surface area contributed by atoms with Crippen molar-refractivity contribution in [3.05, 3.63) is 35.4 Å². The Morgan fingerprint density at radius 1 is 1.24 bits per heavy atom. The molecule has 0 unspecified atom stereocenters. The highest BCUT2D eigenvalue weighted by atomic mass is 16.3. The second-order valence-corrected chi connectivity index (χ2v) is 5.97. The van der Waals surface area contributed by atoms with E-state index >= 15 is 0 Å². The summed E-state index contributed by atoms with van der Waals surface area (Å²) in [6.45, 7) is 3.63. The predicted octanol–water partition coefficient (Wildman–Crippen LogP) is 0.276. The molecule has 0 aliphatic carbocycles. The minimum atomic E-state index is -0.750. The van der Waals surface area contributed by atoms with Crippen molar-refractivity contribution in [1.29, 1.82) is 0 Å². The first-order chi connectivity index (χ1) is 10.0. The molecular weight excluding hydrogens is 270 g/mol. The number of β-amino-alcohol motifs (C(OH)–C–C–N with tert-alkyl or cyclic N) is 2. The molecule has 0 saturated carbocycles. The van der Waals surface area contributed by atoms with Gasteiger partial charge in [0.1, 0.15) is 0 Å². The van der Waals surface area contributed by atoms with E-state index in [1.54, 1.807) is 24.3 Å². The molecule has 1 aliphatic rings. The number of hydrogen-bond donors (Lipinski definition) is 4. The summed E-state index contributed by atoms with van der Waals surface area (Å²) in [5.74, 6) is -0.303. The van der Waals surface area contributed by atoms with E-state index in [1.165, 1.54) is 0 Å². The molecule has 1 aliphatic heterocycles. The minimum absolute atomic E-state index is 0.0220. The van der Waals surface area contributed by atoms with E-state index in [4.69, 9.17) is 5.11 Å². The van der Waals surface area contributed by atoms with Crippen molar-refractivity contribution in [2.45, 2.75) is 38.3 Å². The van der Waals surface area contributed by atoms with Crippen LogP contribution in [0.1, 0.15) is 30.6 Å². The van der Waals surface area contributed by atoms with Crippen LogP contribution in [0.25, 0.3) is 0 Å². The number of nitrogens with zero attached hydrogens (tertiary/aromatic N) is 1. The van der Waals surface area contributed by atoms with Gasteiger partial charge in [-0.15, -0.1) is 0 Å². The maximum atomic E-state index is 10.4. The van der Waals surface area contributed by atoms with Gasteiger partial charge in [-0.25, -0.2) is 0 Å². The van der Waals surface area contributed by atoms with E-state index in [2.05, 4.69) is 0 Å². The van der Waals surface area contributed by atoms with E-state index in [9.17, 15) is 15.3 Å². The average molecular weight is 295 g/mol. The monoisotopic (exact) mass is 295 g/mol. The molecule has 4 N–H and O–H groups in total. The molecule has 1 fully saturated rings. The van der Waals surface area contributed by atoms with Gasteiger partial charge in [-0.05, 0) is 17.5 Å². The molecule has 0 bridgehead atoms. The Morgan fingerprint density at radius 3 is 2.43 bits per heavy atom. The third-order valence-electron chi connectivity index (χ3n) is 4.30. The van der Waals surface area contributed by atoms with Crippen LogP contribution in [-0.4, -0.2) is 57.2 Å². The highest BCUT2D eigenvalue weighted by Crippen LogP contribution is 2.26. The number of hydrogen-bond acceptors (Lipinski definition) is 5. The molecule has 4 atom stereocenters. The molecule has 2 rings (SSSR count). The fraction of sp³-hybridized carbons (Fsp3) is 0.625. The normalized spacial score (nSPS) is 24.0. The second kappa shape index (κ2) is 7.33. The van der Waals surface area contributed by atoms with E-state index in [0.29, 0.717) is 13.1 Å². The number of aliphatic hydroxyl groups excluding tert-OH is 4. The van der Waals surface area contributed by atoms with Crippen LogP contribution in [0.5, 0.6) is 0 Å². The standard InChI is InChI=1S/C16H25NO4/c1-11(15(20)9-17-7-6-14(19)8-17)16(21)13-4-2-12(10-18)3-5-13/h2-5,11,14-16,18-21H,6-10H2,1H3/t11-,14+,15+,16+/m0/s1. The van der Waals surface area contributed by atoms with E-state index in [-0.39, 0.29) is 18.6 Å². The predicted molar refractivity (Wildman–Crippen MR) is 79.6 cm³/mol. The lowest BCUT2D eigenvalue weighted by Gasteiger charge is -2.28. The maximum Gasteiger partial charge on any atom is 0.0840 e. The molecule has 0 amide bonds. The Labute approximate surface area is 125 Å². The molecule has 1 saturated heterocycles. The fourth-order valence-corrected chi connectivity index (χ4v) is 2.74. The molecule has 21 heavy (non-hydrogen) atoms. The summed E-state index contributed by atoms with van der Waals surface area (Å²) in [5, 5.41) is 39.1. The van der Waals surface area contributed by atoms with Crippen molar-refractivity contribution in [1.82, 2.24) is 4.90 Å². The quantitative estimate of drug-likeness (QED) is 0.606. The zero-order valence-electron chi connectivity index (χ0n) is 12.4. The third-order valence-corrected chi connectivity index (χ3v) is 4.30. The van der Waals surface area contributed by atoms with E-state index in [1.807, 2.05) is 11.8 Å². The fourth-order valence-electron chi connectivity index (χ4n) is 2.74. The van der Waals surface area contributed by atoms with Gasteiger partial charge in [-0.1, -0.05) is 31.2 Å². The van der Waals surface area contributed by atoms with Crippen molar-refractivity contribution in [3.8, 4) is 0 Å². The summed E-state index contributed by atoms with van der Waals surface area (Å²) >= 11 is 0. The molecule has 5 nitrogen and oxygen atoms in total. The second-order valence-electron chi connectivity index (χ2n) is 5.97. The van der Waals surface area contributed by atoms with E-state index < -0.39 is 12.2 Å². The number of benzene rings is 1. The zero-order valence-corrected chi connectivity index (χ0v) is 12.4. The van der Waals surface area contributed by atoms with Crippen molar-refractivity contribution >= 4 is 0 Å². The van der Waals surface area contributed by atoms with Gasteiger partial charge in [0.25, 0.3) is 0 Å². The summed E-state index contributed by atoms with van der Waals surface area (Å²) < 4.78 is 0.